The largest absolute Gasteiger partial charge is 0.467 e. The number of urea groups is 1. The predicted octanol–water partition coefficient (Wildman–Crippen LogP) is 4.08. The van der Waals surface area contributed by atoms with Crippen molar-refractivity contribution in [3.8, 4) is 0 Å². The van der Waals surface area contributed by atoms with E-state index < -0.39 is 36.0 Å². The minimum Gasteiger partial charge on any atom is -0.467 e. The first kappa shape index (κ1) is 21.9. The fraction of sp³-hybridized carbons (Fsp3) is 0.200. The number of hydrogen-bond acceptors (Lipinski definition) is 5. The molecule has 1 fully saturated rings. The number of hydrogen-bond donors (Lipinski definition) is 1. The SMILES string of the molecule is CC1(c2ccccc2)NC(=O)N(CC(=O)N2N=C(c3ccc(Cl)cc3)CC2c2ccco2)C1=O. The van der Waals surface area contributed by atoms with E-state index >= 15 is 0 Å². The Labute approximate surface area is 200 Å². The number of furan rings is 1. The van der Waals surface area contributed by atoms with Crippen molar-refractivity contribution in [2.24, 2.45) is 5.10 Å². The van der Waals surface area contributed by atoms with Crippen LogP contribution in [0, 0.1) is 0 Å². The maximum atomic E-state index is 13.4. The van der Waals surface area contributed by atoms with Gasteiger partial charge in [-0.25, -0.2) is 9.80 Å². The zero-order valence-electron chi connectivity index (χ0n) is 18.3. The van der Waals surface area contributed by atoms with Gasteiger partial charge in [-0.3, -0.25) is 14.5 Å². The number of rotatable bonds is 5. The molecule has 3 aromatic rings. The van der Waals surface area contributed by atoms with Crippen molar-refractivity contribution in [3.63, 3.8) is 0 Å². The number of nitrogens with zero attached hydrogens (tertiary/aromatic N) is 3. The molecule has 0 saturated carbocycles. The molecule has 2 aliphatic heterocycles. The van der Waals surface area contributed by atoms with Gasteiger partial charge in [0.05, 0.1) is 12.0 Å². The van der Waals surface area contributed by atoms with E-state index in [2.05, 4.69) is 10.4 Å². The van der Waals surface area contributed by atoms with Crippen LogP contribution >= 0.6 is 11.6 Å². The van der Waals surface area contributed by atoms with Gasteiger partial charge in [0.1, 0.15) is 23.9 Å². The zero-order valence-corrected chi connectivity index (χ0v) is 19.0. The van der Waals surface area contributed by atoms with E-state index in [0.717, 1.165) is 10.5 Å². The first-order valence-electron chi connectivity index (χ1n) is 10.8. The van der Waals surface area contributed by atoms with Crippen molar-refractivity contribution in [1.82, 2.24) is 15.2 Å². The summed E-state index contributed by atoms with van der Waals surface area (Å²) in [4.78, 5) is 40.2. The minimum atomic E-state index is -1.25. The van der Waals surface area contributed by atoms with Gasteiger partial charge in [0.25, 0.3) is 11.8 Å². The summed E-state index contributed by atoms with van der Waals surface area (Å²) in [5.41, 5.74) is 0.892. The second kappa shape index (κ2) is 8.46. The van der Waals surface area contributed by atoms with Crippen molar-refractivity contribution < 1.29 is 18.8 Å². The van der Waals surface area contributed by atoms with E-state index in [9.17, 15) is 14.4 Å². The van der Waals surface area contributed by atoms with Gasteiger partial charge in [-0.2, -0.15) is 5.10 Å². The lowest BCUT2D eigenvalue weighted by atomic mass is 9.92. The number of amides is 4. The predicted molar refractivity (Wildman–Crippen MR) is 125 cm³/mol. The molecule has 0 radical (unpaired) electrons. The summed E-state index contributed by atoms with van der Waals surface area (Å²) in [6.07, 6.45) is 1.95. The summed E-state index contributed by atoms with van der Waals surface area (Å²) in [6, 6.07) is 18.5. The van der Waals surface area contributed by atoms with Gasteiger partial charge in [-0.15, -0.1) is 0 Å². The molecule has 172 valence electrons. The van der Waals surface area contributed by atoms with Gasteiger partial charge in [0, 0.05) is 11.4 Å². The molecule has 0 bridgehead atoms. The summed E-state index contributed by atoms with van der Waals surface area (Å²) >= 11 is 6.00. The molecule has 1 saturated heterocycles. The maximum Gasteiger partial charge on any atom is 0.325 e. The second-order valence-electron chi connectivity index (χ2n) is 8.34. The highest BCUT2D eigenvalue weighted by Gasteiger charge is 2.50. The van der Waals surface area contributed by atoms with Crippen LogP contribution in [0.4, 0.5) is 4.79 Å². The Morgan fingerprint density at radius 2 is 1.85 bits per heavy atom. The van der Waals surface area contributed by atoms with Crippen LogP contribution < -0.4 is 5.32 Å². The third-order valence-corrected chi connectivity index (χ3v) is 6.39. The maximum absolute atomic E-state index is 13.4. The molecule has 5 rings (SSSR count). The molecule has 1 aromatic heterocycles. The Morgan fingerprint density at radius 3 is 2.53 bits per heavy atom. The van der Waals surface area contributed by atoms with E-state index in [1.807, 2.05) is 18.2 Å². The number of nitrogens with one attached hydrogen (secondary N) is 1. The fourth-order valence-electron chi connectivity index (χ4n) is 4.28. The molecule has 1 N–H and O–H groups in total. The Kier molecular flexibility index (Phi) is 5.45. The second-order valence-corrected chi connectivity index (χ2v) is 8.78. The third-order valence-electron chi connectivity index (χ3n) is 6.13. The van der Waals surface area contributed by atoms with E-state index in [0.29, 0.717) is 28.5 Å². The van der Waals surface area contributed by atoms with Gasteiger partial charge in [-0.1, -0.05) is 54.1 Å². The standard InChI is InChI=1S/C25H21ClN4O4/c1-25(17-6-3-2-4-7-17)23(32)29(24(33)27-25)15-22(31)30-20(21-8-5-13-34-21)14-19(28-30)16-9-11-18(26)12-10-16/h2-13,20H,14-15H2,1H3,(H,27,33). The Bertz CT molecular complexity index is 1270. The normalized spacial score (nSPS) is 22.2. The van der Waals surface area contributed by atoms with Gasteiger partial charge >= 0.3 is 6.03 Å². The average Bonchev–Trinajstić information content (AvgIpc) is 3.56. The van der Waals surface area contributed by atoms with Gasteiger partial charge in [0.15, 0.2) is 0 Å². The van der Waals surface area contributed by atoms with Gasteiger partial charge < -0.3 is 9.73 Å². The highest BCUT2D eigenvalue weighted by Crippen LogP contribution is 2.34. The van der Waals surface area contributed by atoms with Crippen LogP contribution in [0.5, 0.6) is 0 Å². The Hall–Kier alpha value is -3.91. The molecule has 9 heteroatoms. The average molecular weight is 477 g/mol. The minimum absolute atomic E-state index is 0.419. The molecular weight excluding hydrogens is 456 g/mol. The monoisotopic (exact) mass is 476 g/mol. The molecule has 0 aliphatic carbocycles. The summed E-state index contributed by atoms with van der Waals surface area (Å²) in [5.74, 6) is -0.425. The third kappa shape index (κ3) is 3.76. The molecule has 2 unspecified atom stereocenters. The highest BCUT2D eigenvalue weighted by molar-refractivity contribution is 6.30. The summed E-state index contributed by atoms with van der Waals surface area (Å²) in [7, 11) is 0. The number of hydrazone groups is 1. The van der Waals surface area contributed by atoms with E-state index in [1.54, 1.807) is 55.5 Å². The lowest BCUT2D eigenvalue weighted by molar-refractivity contribution is -0.140. The fourth-order valence-corrected chi connectivity index (χ4v) is 4.40. The zero-order chi connectivity index (χ0) is 23.9. The number of benzene rings is 2. The number of halogens is 1. The van der Waals surface area contributed by atoms with Crippen molar-refractivity contribution in [2.45, 2.75) is 24.9 Å². The molecule has 8 nitrogen and oxygen atoms in total. The molecular formula is C25H21ClN4O4. The molecule has 4 amide bonds. The lowest BCUT2D eigenvalue weighted by Crippen LogP contribution is -2.43. The first-order chi connectivity index (χ1) is 16.4. The summed E-state index contributed by atoms with van der Waals surface area (Å²) < 4.78 is 5.56. The molecule has 2 aliphatic rings. The van der Waals surface area contributed by atoms with Crippen molar-refractivity contribution in [3.05, 3.63) is 94.9 Å². The Morgan fingerprint density at radius 1 is 1.12 bits per heavy atom. The van der Waals surface area contributed by atoms with Crippen LogP contribution in [-0.4, -0.2) is 40.0 Å². The first-order valence-corrected chi connectivity index (χ1v) is 11.1. The van der Waals surface area contributed by atoms with Crippen LogP contribution in [0.25, 0.3) is 0 Å². The van der Waals surface area contributed by atoms with Gasteiger partial charge in [0.2, 0.25) is 0 Å². The number of imide groups is 1. The van der Waals surface area contributed by atoms with Crippen LogP contribution in [0.1, 0.15) is 36.3 Å². The van der Waals surface area contributed by atoms with E-state index in [4.69, 9.17) is 16.0 Å². The van der Waals surface area contributed by atoms with E-state index in [-0.39, 0.29) is 0 Å². The van der Waals surface area contributed by atoms with Gasteiger partial charge in [-0.05, 0) is 42.3 Å². The lowest BCUT2D eigenvalue weighted by Gasteiger charge is -2.24. The van der Waals surface area contributed by atoms with Crippen LogP contribution in [0.2, 0.25) is 5.02 Å². The quantitative estimate of drug-likeness (QED) is 0.561. The Balaban J connectivity index is 1.41. The molecule has 2 aromatic carbocycles. The number of carbonyl (C=O) groups is 3. The topological polar surface area (TPSA) is 95.2 Å². The smallest absolute Gasteiger partial charge is 0.325 e. The van der Waals surface area contributed by atoms with Crippen molar-refractivity contribution >= 4 is 35.2 Å². The van der Waals surface area contributed by atoms with Crippen LogP contribution in [0.15, 0.2) is 82.5 Å². The molecule has 34 heavy (non-hydrogen) atoms. The van der Waals surface area contributed by atoms with Crippen LogP contribution in [-0.2, 0) is 15.1 Å². The van der Waals surface area contributed by atoms with Crippen molar-refractivity contribution in [1.29, 1.82) is 0 Å². The van der Waals surface area contributed by atoms with Crippen molar-refractivity contribution in [2.75, 3.05) is 6.54 Å². The van der Waals surface area contributed by atoms with Crippen LogP contribution in [0.3, 0.4) is 0 Å². The summed E-state index contributed by atoms with van der Waals surface area (Å²) in [5, 5.41) is 9.15. The van der Waals surface area contributed by atoms with E-state index in [1.165, 1.54) is 11.3 Å². The summed E-state index contributed by atoms with van der Waals surface area (Å²) in [6.45, 7) is 1.19. The molecule has 2 atom stereocenters. The number of carbonyl (C=O) groups excluding carboxylic acids is 3. The highest BCUT2D eigenvalue weighted by atomic mass is 35.5. The molecule has 3 heterocycles. The molecule has 0 spiro atoms.